The zero-order valence-corrected chi connectivity index (χ0v) is 20.2. The molecule has 0 saturated heterocycles. The summed E-state index contributed by atoms with van der Waals surface area (Å²) in [5.41, 5.74) is 3.56. The van der Waals surface area contributed by atoms with Crippen molar-refractivity contribution in [1.82, 2.24) is 14.3 Å². The minimum Gasteiger partial charge on any atom is -0.339 e. The van der Waals surface area contributed by atoms with Crippen LogP contribution in [0.4, 0.5) is 11.5 Å². The lowest BCUT2D eigenvalue weighted by molar-refractivity contribution is 0.391. The van der Waals surface area contributed by atoms with Crippen molar-refractivity contribution in [3.05, 3.63) is 87.1 Å². The van der Waals surface area contributed by atoms with Crippen molar-refractivity contribution in [3.8, 4) is 0 Å². The first kappa shape index (κ1) is 22.4. The molecule has 0 bridgehead atoms. The molecule has 1 aliphatic heterocycles. The SMILES string of the molecule is O=S(=O)(c1cc(Cl)c(Cl)cc1Cl)N1CCc2c(ccnc2Nc2cnc3ccccc3c2)C1. The fourth-order valence-electron chi connectivity index (χ4n) is 3.90. The number of nitrogens with one attached hydrogen (secondary N) is 1. The summed E-state index contributed by atoms with van der Waals surface area (Å²) in [7, 11) is -3.86. The molecule has 6 nitrogen and oxygen atoms in total. The second kappa shape index (κ2) is 8.74. The Kier molecular flexibility index (Phi) is 5.93. The van der Waals surface area contributed by atoms with E-state index in [2.05, 4.69) is 15.3 Å². The van der Waals surface area contributed by atoms with Crippen molar-refractivity contribution in [2.24, 2.45) is 0 Å². The summed E-state index contributed by atoms with van der Waals surface area (Å²) in [4.78, 5) is 8.91. The third-order valence-electron chi connectivity index (χ3n) is 5.56. The van der Waals surface area contributed by atoms with E-state index in [1.807, 2.05) is 36.4 Å². The van der Waals surface area contributed by atoms with Gasteiger partial charge in [-0.3, -0.25) is 4.98 Å². The third kappa shape index (κ3) is 4.27. The highest BCUT2D eigenvalue weighted by molar-refractivity contribution is 7.89. The molecule has 0 saturated carbocycles. The highest BCUT2D eigenvalue weighted by Crippen LogP contribution is 2.35. The first-order chi connectivity index (χ1) is 15.8. The Balaban J connectivity index is 1.43. The number of fused-ring (bicyclic) bond motifs is 2. The average Bonchev–Trinajstić information content (AvgIpc) is 2.81. The number of sulfonamides is 1. The van der Waals surface area contributed by atoms with E-state index in [0.29, 0.717) is 12.2 Å². The van der Waals surface area contributed by atoms with E-state index in [4.69, 9.17) is 34.8 Å². The Labute approximate surface area is 206 Å². The molecule has 0 aliphatic carbocycles. The van der Waals surface area contributed by atoms with Gasteiger partial charge in [-0.05, 0) is 42.3 Å². The predicted molar refractivity (Wildman–Crippen MR) is 132 cm³/mol. The minimum atomic E-state index is -3.86. The van der Waals surface area contributed by atoms with Gasteiger partial charge in [-0.2, -0.15) is 4.31 Å². The first-order valence-electron chi connectivity index (χ1n) is 10.1. The zero-order valence-electron chi connectivity index (χ0n) is 17.1. The number of para-hydroxylation sites is 1. The fourth-order valence-corrected chi connectivity index (χ4v) is 6.29. The number of hydrogen-bond acceptors (Lipinski definition) is 5. The van der Waals surface area contributed by atoms with Crippen LogP contribution in [0.2, 0.25) is 15.1 Å². The van der Waals surface area contributed by atoms with Crippen LogP contribution in [0.3, 0.4) is 0 Å². The van der Waals surface area contributed by atoms with Gasteiger partial charge in [-0.25, -0.2) is 13.4 Å². The molecule has 2 aromatic heterocycles. The summed E-state index contributed by atoms with van der Waals surface area (Å²) in [6, 6.07) is 14.3. The Bertz CT molecular complexity index is 1490. The second-order valence-electron chi connectivity index (χ2n) is 7.62. The predicted octanol–water partition coefficient (Wildman–Crippen LogP) is 6.08. The van der Waals surface area contributed by atoms with Crippen molar-refractivity contribution in [2.75, 3.05) is 11.9 Å². The van der Waals surface area contributed by atoms with Crippen LogP contribution >= 0.6 is 34.8 Å². The van der Waals surface area contributed by atoms with Crippen molar-refractivity contribution < 1.29 is 8.42 Å². The Morgan fingerprint density at radius 3 is 2.58 bits per heavy atom. The van der Waals surface area contributed by atoms with E-state index < -0.39 is 10.0 Å². The average molecular weight is 520 g/mol. The molecule has 0 spiro atoms. The van der Waals surface area contributed by atoms with Crippen molar-refractivity contribution in [2.45, 2.75) is 17.9 Å². The molecule has 1 N–H and O–H groups in total. The van der Waals surface area contributed by atoms with Gasteiger partial charge >= 0.3 is 0 Å². The molecule has 3 heterocycles. The molecule has 5 rings (SSSR count). The minimum absolute atomic E-state index is 0.0380. The zero-order chi connectivity index (χ0) is 23.2. The van der Waals surface area contributed by atoms with Crippen molar-refractivity contribution >= 4 is 67.2 Å². The van der Waals surface area contributed by atoms with Crippen LogP contribution in [0.15, 0.2) is 65.8 Å². The Morgan fingerprint density at radius 2 is 1.73 bits per heavy atom. The van der Waals surface area contributed by atoms with Gasteiger partial charge in [-0.15, -0.1) is 0 Å². The number of hydrogen-bond donors (Lipinski definition) is 1. The van der Waals surface area contributed by atoms with Crippen LogP contribution in [0, 0.1) is 0 Å². The van der Waals surface area contributed by atoms with Crippen LogP contribution < -0.4 is 5.32 Å². The van der Waals surface area contributed by atoms with Gasteiger partial charge in [0.2, 0.25) is 10.0 Å². The monoisotopic (exact) mass is 518 g/mol. The molecule has 2 aromatic carbocycles. The van der Waals surface area contributed by atoms with E-state index in [-0.39, 0.29) is 33.1 Å². The molecule has 168 valence electrons. The van der Waals surface area contributed by atoms with Gasteiger partial charge in [0.15, 0.2) is 0 Å². The lowest BCUT2D eigenvalue weighted by Crippen LogP contribution is -2.36. The number of benzene rings is 2. The molecule has 0 atom stereocenters. The summed E-state index contributed by atoms with van der Waals surface area (Å²) < 4.78 is 28.0. The maximum absolute atomic E-state index is 13.3. The van der Waals surface area contributed by atoms with Crippen LogP contribution in [0.1, 0.15) is 11.1 Å². The largest absolute Gasteiger partial charge is 0.339 e. The molecule has 0 fully saturated rings. The smallest absolute Gasteiger partial charge is 0.244 e. The normalized spacial score (nSPS) is 14.3. The summed E-state index contributed by atoms with van der Waals surface area (Å²) in [5, 5.41) is 4.73. The molecular weight excluding hydrogens is 503 g/mol. The molecule has 1 aliphatic rings. The van der Waals surface area contributed by atoms with Crippen LogP contribution in [-0.4, -0.2) is 29.2 Å². The van der Waals surface area contributed by atoms with Gasteiger partial charge in [0.05, 0.1) is 32.5 Å². The number of halogens is 3. The molecule has 33 heavy (non-hydrogen) atoms. The van der Waals surface area contributed by atoms with Gasteiger partial charge in [-0.1, -0.05) is 53.0 Å². The Hall–Kier alpha value is -2.42. The van der Waals surface area contributed by atoms with Crippen LogP contribution in [0.5, 0.6) is 0 Å². The lowest BCUT2D eigenvalue weighted by atomic mass is 10.0. The summed E-state index contributed by atoms with van der Waals surface area (Å²) >= 11 is 18.2. The number of rotatable bonds is 4. The van der Waals surface area contributed by atoms with Crippen molar-refractivity contribution in [1.29, 1.82) is 0 Å². The lowest BCUT2D eigenvalue weighted by Gasteiger charge is -2.29. The molecule has 4 aromatic rings. The summed E-state index contributed by atoms with van der Waals surface area (Å²) in [6.45, 7) is 0.476. The van der Waals surface area contributed by atoms with E-state index in [0.717, 1.165) is 27.7 Å². The Morgan fingerprint density at radius 1 is 0.939 bits per heavy atom. The first-order valence-corrected chi connectivity index (χ1v) is 12.6. The van der Waals surface area contributed by atoms with Crippen molar-refractivity contribution in [3.63, 3.8) is 0 Å². The summed E-state index contributed by atoms with van der Waals surface area (Å²) in [5.74, 6) is 0.689. The van der Waals surface area contributed by atoms with E-state index in [1.54, 1.807) is 12.4 Å². The van der Waals surface area contributed by atoms with E-state index >= 15 is 0 Å². The number of anilines is 2. The highest BCUT2D eigenvalue weighted by atomic mass is 35.5. The molecule has 0 radical (unpaired) electrons. The molecule has 0 amide bonds. The molecular formula is C23H17Cl3N4O2S. The van der Waals surface area contributed by atoms with E-state index in [9.17, 15) is 8.42 Å². The number of nitrogens with zero attached hydrogens (tertiary/aromatic N) is 3. The van der Waals surface area contributed by atoms with Crippen LogP contribution in [0.25, 0.3) is 10.9 Å². The maximum atomic E-state index is 13.3. The summed E-state index contributed by atoms with van der Waals surface area (Å²) in [6.07, 6.45) is 3.91. The van der Waals surface area contributed by atoms with E-state index in [1.165, 1.54) is 16.4 Å². The van der Waals surface area contributed by atoms with Gasteiger partial charge in [0.25, 0.3) is 0 Å². The topological polar surface area (TPSA) is 75.2 Å². The van der Waals surface area contributed by atoms with Crippen LogP contribution in [-0.2, 0) is 23.0 Å². The quantitative estimate of drug-likeness (QED) is 0.331. The van der Waals surface area contributed by atoms with Gasteiger partial charge in [0, 0.05) is 30.2 Å². The molecule has 0 unspecified atom stereocenters. The third-order valence-corrected chi connectivity index (χ3v) is 8.59. The standard InChI is InChI=1S/C23H17Cl3N4O2S/c24-18-10-20(26)22(11-19(18)25)33(31,32)30-8-6-17-15(13-30)5-7-27-23(17)29-16-9-14-3-1-2-4-21(14)28-12-16/h1-5,7,9-12H,6,8,13H2,(H,27,29). The fraction of sp³-hybridized carbons (Fsp3) is 0.130. The highest BCUT2D eigenvalue weighted by Gasteiger charge is 2.31. The van der Waals surface area contributed by atoms with Gasteiger partial charge in [0.1, 0.15) is 10.7 Å². The van der Waals surface area contributed by atoms with Gasteiger partial charge < -0.3 is 5.32 Å². The maximum Gasteiger partial charge on any atom is 0.244 e. The second-order valence-corrected chi connectivity index (χ2v) is 10.8. The number of aromatic nitrogens is 2. The number of pyridine rings is 2. The molecule has 10 heteroatoms.